The van der Waals surface area contributed by atoms with E-state index in [2.05, 4.69) is 20.9 Å². The van der Waals surface area contributed by atoms with Gasteiger partial charge in [0.2, 0.25) is 0 Å². The molecule has 1 saturated heterocycles. The lowest BCUT2D eigenvalue weighted by Gasteiger charge is -2.27. The fourth-order valence-corrected chi connectivity index (χ4v) is 4.50. The summed E-state index contributed by atoms with van der Waals surface area (Å²) in [6, 6.07) is 8.49. The van der Waals surface area contributed by atoms with Crippen molar-refractivity contribution in [2.75, 3.05) is 49.3 Å². The van der Waals surface area contributed by atoms with Crippen LogP contribution in [0.15, 0.2) is 42.6 Å². The highest BCUT2D eigenvalue weighted by Gasteiger charge is 2.34. The third-order valence-corrected chi connectivity index (χ3v) is 6.88. The number of nitrogens with one attached hydrogen (secondary N) is 3. The molecule has 8 nitrogen and oxygen atoms in total. The first-order chi connectivity index (χ1) is 17.6. The number of aryl methyl sites for hydroxylation is 1. The van der Waals surface area contributed by atoms with E-state index in [1.807, 2.05) is 4.90 Å². The topological polar surface area (TPSA) is 95.6 Å². The van der Waals surface area contributed by atoms with E-state index in [1.54, 1.807) is 26.1 Å². The van der Waals surface area contributed by atoms with Crippen molar-refractivity contribution in [2.45, 2.75) is 19.6 Å². The van der Waals surface area contributed by atoms with Crippen molar-refractivity contribution in [1.29, 1.82) is 0 Å². The number of halogens is 3. The van der Waals surface area contributed by atoms with E-state index in [9.17, 15) is 22.8 Å². The summed E-state index contributed by atoms with van der Waals surface area (Å²) in [5.41, 5.74) is 0.686. The van der Waals surface area contributed by atoms with Gasteiger partial charge in [0.05, 0.1) is 25.0 Å². The predicted molar refractivity (Wildman–Crippen MR) is 136 cm³/mol. The molecule has 0 atom stereocenters. The Morgan fingerprint density at radius 2 is 1.84 bits per heavy atom. The van der Waals surface area contributed by atoms with Crippen LogP contribution >= 0.6 is 11.3 Å². The van der Waals surface area contributed by atoms with E-state index < -0.39 is 17.6 Å². The molecule has 37 heavy (non-hydrogen) atoms. The Hall–Kier alpha value is -3.48. The first-order valence-electron chi connectivity index (χ1n) is 11.5. The lowest BCUT2D eigenvalue weighted by atomic mass is 10.0. The van der Waals surface area contributed by atoms with Crippen LogP contribution in [-0.4, -0.2) is 55.0 Å². The van der Waals surface area contributed by atoms with Gasteiger partial charge in [-0.15, -0.1) is 0 Å². The molecule has 2 heterocycles. The molecule has 2 amide bonds. The number of aromatic nitrogens is 1. The molecule has 1 fully saturated rings. The number of ether oxygens (including phenoxy) is 1. The molecule has 0 aliphatic carbocycles. The SMILES string of the molecule is CNc1ncc(C(=O)Nc2cc(C(=O)Nc3ccc(CN4CCOCC4)c(C(F)(F)F)c3)ccc2C)s1. The van der Waals surface area contributed by atoms with E-state index in [1.165, 1.54) is 35.7 Å². The smallest absolute Gasteiger partial charge is 0.379 e. The van der Waals surface area contributed by atoms with Crippen molar-refractivity contribution in [3.05, 3.63) is 69.7 Å². The molecule has 2 aromatic carbocycles. The van der Waals surface area contributed by atoms with E-state index in [0.29, 0.717) is 42.0 Å². The van der Waals surface area contributed by atoms with Crippen LogP contribution < -0.4 is 16.0 Å². The summed E-state index contributed by atoms with van der Waals surface area (Å²) in [5.74, 6) is -0.981. The van der Waals surface area contributed by atoms with Gasteiger partial charge in [0.1, 0.15) is 4.88 Å². The van der Waals surface area contributed by atoms with Gasteiger partial charge in [-0.3, -0.25) is 14.5 Å². The van der Waals surface area contributed by atoms with E-state index >= 15 is 0 Å². The molecule has 12 heteroatoms. The monoisotopic (exact) mass is 533 g/mol. The maximum atomic E-state index is 13.8. The maximum absolute atomic E-state index is 13.8. The zero-order valence-electron chi connectivity index (χ0n) is 20.2. The largest absolute Gasteiger partial charge is 0.416 e. The fraction of sp³-hybridized carbons (Fsp3) is 0.320. The minimum atomic E-state index is -4.58. The molecule has 1 aliphatic heterocycles. The zero-order chi connectivity index (χ0) is 26.6. The Balaban J connectivity index is 1.50. The second kappa shape index (κ2) is 11.3. The number of thiazole rings is 1. The van der Waals surface area contributed by atoms with Crippen LogP contribution in [0.4, 0.5) is 29.7 Å². The van der Waals surface area contributed by atoms with Crippen LogP contribution in [0.1, 0.15) is 36.7 Å². The number of benzene rings is 2. The van der Waals surface area contributed by atoms with Crippen LogP contribution in [0.2, 0.25) is 0 Å². The number of hydrogen-bond donors (Lipinski definition) is 3. The normalized spacial score (nSPS) is 14.3. The van der Waals surface area contributed by atoms with Crippen molar-refractivity contribution in [2.24, 2.45) is 0 Å². The highest BCUT2D eigenvalue weighted by atomic mass is 32.1. The van der Waals surface area contributed by atoms with Gasteiger partial charge in [-0.2, -0.15) is 13.2 Å². The molecule has 4 rings (SSSR count). The summed E-state index contributed by atoms with van der Waals surface area (Å²) < 4.78 is 46.7. The number of carbonyl (C=O) groups excluding carboxylic acids is 2. The van der Waals surface area contributed by atoms with Crippen molar-refractivity contribution < 1.29 is 27.5 Å². The third kappa shape index (κ3) is 6.64. The number of carbonyl (C=O) groups is 2. The van der Waals surface area contributed by atoms with Gasteiger partial charge >= 0.3 is 6.18 Å². The Labute approximate surface area is 215 Å². The summed E-state index contributed by atoms with van der Waals surface area (Å²) in [4.78, 5) is 31.8. The van der Waals surface area contributed by atoms with E-state index in [0.717, 1.165) is 11.6 Å². The Bertz CT molecular complexity index is 1290. The fourth-order valence-electron chi connectivity index (χ4n) is 3.84. The maximum Gasteiger partial charge on any atom is 0.416 e. The first kappa shape index (κ1) is 26.6. The minimum Gasteiger partial charge on any atom is -0.379 e. The lowest BCUT2D eigenvalue weighted by Crippen LogP contribution is -2.36. The van der Waals surface area contributed by atoms with Crippen LogP contribution in [0.3, 0.4) is 0 Å². The molecule has 0 saturated carbocycles. The molecule has 0 unspecified atom stereocenters. The molecule has 3 aromatic rings. The number of alkyl halides is 3. The number of nitrogens with zero attached hydrogens (tertiary/aromatic N) is 2. The van der Waals surface area contributed by atoms with Crippen LogP contribution in [-0.2, 0) is 17.5 Å². The Morgan fingerprint density at radius 3 is 2.51 bits per heavy atom. The van der Waals surface area contributed by atoms with Crippen LogP contribution in [0, 0.1) is 6.92 Å². The Morgan fingerprint density at radius 1 is 1.08 bits per heavy atom. The number of rotatable bonds is 7. The van der Waals surface area contributed by atoms with Gasteiger partial charge in [-0.05, 0) is 42.3 Å². The standard InChI is InChI=1S/C25H26F3N5O3S/c1-15-3-4-16(11-20(15)32-23(35)21-13-30-24(29-2)37-21)22(34)31-18-6-5-17(19(12-18)25(26,27)28)14-33-7-9-36-10-8-33/h3-6,11-13H,7-10,14H2,1-2H3,(H,29,30)(H,31,34)(H,32,35). The molecule has 1 aromatic heterocycles. The molecule has 0 radical (unpaired) electrons. The second-order valence-corrected chi connectivity index (χ2v) is 9.51. The van der Waals surface area contributed by atoms with Gasteiger partial charge < -0.3 is 20.7 Å². The molecule has 3 N–H and O–H groups in total. The third-order valence-electron chi connectivity index (χ3n) is 5.86. The molecule has 0 bridgehead atoms. The number of anilines is 3. The highest BCUT2D eigenvalue weighted by molar-refractivity contribution is 7.17. The minimum absolute atomic E-state index is 0.0264. The summed E-state index contributed by atoms with van der Waals surface area (Å²) in [7, 11) is 1.70. The highest BCUT2D eigenvalue weighted by Crippen LogP contribution is 2.35. The van der Waals surface area contributed by atoms with Gasteiger partial charge in [-0.1, -0.05) is 23.5 Å². The predicted octanol–water partition coefficient (Wildman–Crippen LogP) is 4.85. The Kier molecular flexibility index (Phi) is 8.10. The van der Waals surface area contributed by atoms with Crippen molar-refractivity contribution in [1.82, 2.24) is 9.88 Å². The number of hydrogen-bond acceptors (Lipinski definition) is 7. The number of morpholine rings is 1. The van der Waals surface area contributed by atoms with Crippen LogP contribution in [0.25, 0.3) is 0 Å². The summed E-state index contributed by atoms with van der Waals surface area (Å²) in [6.07, 6.45) is -3.13. The molecule has 0 spiro atoms. The van der Waals surface area contributed by atoms with Gasteiger partial charge in [0.15, 0.2) is 5.13 Å². The van der Waals surface area contributed by atoms with Crippen LogP contribution in [0.5, 0.6) is 0 Å². The summed E-state index contributed by atoms with van der Waals surface area (Å²) in [6.45, 7) is 3.99. The van der Waals surface area contributed by atoms with Crippen molar-refractivity contribution in [3.8, 4) is 0 Å². The number of amides is 2. The second-order valence-electron chi connectivity index (χ2n) is 8.48. The summed E-state index contributed by atoms with van der Waals surface area (Å²) in [5, 5.41) is 8.75. The average Bonchev–Trinajstić information content (AvgIpc) is 3.36. The molecular weight excluding hydrogens is 507 g/mol. The molecule has 196 valence electrons. The molecule has 1 aliphatic rings. The lowest BCUT2D eigenvalue weighted by molar-refractivity contribution is -0.138. The quantitative estimate of drug-likeness (QED) is 0.402. The van der Waals surface area contributed by atoms with Crippen molar-refractivity contribution >= 4 is 39.7 Å². The van der Waals surface area contributed by atoms with Gasteiger partial charge in [0, 0.05) is 43.6 Å². The zero-order valence-corrected chi connectivity index (χ0v) is 21.1. The van der Waals surface area contributed by atoms with E-state index in [4.69, 9.17) is 4.74 Å². The van der Waals surface area contributed by atoms with E-state index in [-0.39, 0.29) is 29.3 Å². The van der Waals surface area contributed by atoms with Gasteiger partial charge in [0.25, 0.3) is 11.8 Å². The molecular formula is C25H26F3N5O3S. The average molecular weight is 534 g/mol. The summed E-state index contributed by atoms with van der Waals surface area (Å²) >= 11 is 1.18. The van der Waals surface area contributed by atoms with Gasteiger partial charge in [-0.25, -0.2) is 4.98 Å². The first-order valence-corrected chi connectivity index (χ1v) is 12.3. The van der Waals surface area contributed by atoms with Crippen molar-refractivity contribution in [3.63, 3.8) is 0 Å².